The Bertz CT molecular complexity index is 470. The number of nitrogens with zero attached hydrogens (tertiary/aromatic N) is 2. The van der Waals surface area contributed by atoms with Crippen LogP contribution < -0.4 is 0 Å². The van der Waals surface area contributed by atoms with Gasteiger partial charge >= 0.3 is 0 Å². The third kappa shape index (κ3) is 1.68. The fourth-order valence-corrected chi connectivity index (χ4v) is 1.42. The highest BCUT2D eigenvalue weighted by Crippen LogP contribution is 2.23. The zero-order valence-electron chi connectivity index (χ0n) is 7.29. The maximum Gasteiger partial charge on any atom is 0.247 e. The van der Waals surface area contributed by atoms with Gasteiger partial charge in [-0.1, -0.05) is 0 Å². The number of halogens is 2. The number of hydrogen-bond donors (Lipinski definition) is 0. The van der Waals surface area contributed by atoms with Crippen LogP contribution in [0.1, 0.15) is 5.89 Å². The fourth-order valence-electron chi connectivity index (χ4n) is 1.04. The molecule has 2 rings (SSSR count). The van der Waals surface area contributed by atoms with E-state index in [0.29, 0.717) is 21.8 Å². The van der Waals surface area contributed by atoms with Gasteiger partial charge in [-0.05, 0) is 34.1 Å². The molecule has 14 heavy (non-hydrogen) atoms. The Balaban J connectivity index is 2.47. The lowest BCUT2D eigenvalue weighted by molar-refractivity contribution is 0.532. The first-order valence-electron chi connectivity index (χ1n) is 3.92. The third-order valence-corrected chi connectivity index (χ3v) is 2.30. The Kier molecular flexibility index (Phi) is 2.33. The van der Waals surface area contributed by atoms with Gasteiger partial charge in [0.05, 0.1) is 4.47 Å². The Morgan fingerprint density at radius 2 is 2.14 bits per heavy atom. The average Bonchev–Trinajstić information content (AvgIpc) is 2.57. The summed E-state index contributed by atoms with van der Waals surface area (Å²) in [6.45, 7) is 1.70. The van der Waals surface area contributed by atoms with Crippen LogP contribution in [0, 0.1) is 12.7 Å². The first-order valence-corrected chi connectivity index (χ1v) is 4.71. The SMILES string of the molecule is Cc1nnc(-c2ccc(F)c(Br)c2)o1. The molecular formula is C9H6BrFN2O. The van der Waals surface area contributed by atoms with Crippen molar-refractivity contribution in [1.82, 2.24) is 10.2 Å². The Morgan fingerprint density at radius 3 is 2.71 bits per heavy atom. The van der Waals surface area contributed by atoms with E-state index in [9.17, 15) is 4.39 Å². The summed E-state index contributed by atoms with van der Waals surface area (Å²) in [5, 5.41) is 7.52. The van der Waals surface area contributed by atoms with Crippen molar-refractivity contribution in [2.75, 3.05) is 0 Å². The van der Waals surface area contributed by atoms with Crippen molar-refractivity contribution in [3.05, 3.63) is 34.4 Å². The highest BCUT2D eigenvalue weighted by molar-refractivity contribution is 9.10. The molecule has 5 heteroatoms. The Morgan fingerprint density at radius 1 is 1.36 bits per heavy atom. The van der Waals surface area contributed by atoms with E-state index >= 15 is 0 Å². The van der Waals surface area contributed by atoms with Gasteiger partial charge < -0.3 is 4.42 Å². The van der Waals surface area contributed by atoms with Gasteiger partial charge in [0.15, 0.2) is 0 Å². The van der Waals surface area contributed by atoms with Crippen LogP contribution in [0.4, 0.5) is 4.39 Å². The van der Waals surface area contributed by atoms with Crippen LogP contribution in [0.15, 0.2) is 27.1 Å². The summed E-state index contributed by atoms with van der Waals surface area (Å²) in [7, 11) is 0. The van der Waals surface area contributed by atoms with Gasteiger partial charge in [-0.15, -0.1) is 10.2 Å². The molecule has 0 aliphatic rings. The molecule has 0 spiro atoms. The fraction of sp³-hybridized carbons (Fsp3) is 0.111. The van der Waals surface area contributed by atoms with Gasteiger partial charge in [-0.3, -0.25) is 0 Å². The Labute approximate surface area is 88.1 Å². The van der Waals surface area contributed by atoms with Crippen molar-refractivity contribution in [1.29, 1.82) is 0 Å². The highest BCUT2D eigenvalue weighted by Gasteiger charge is 2.07. The van der Waals surface area contributed by atoms with Crippen molar-refractivity contribution in [2.45, 2.75) is 6.92 Å². The molecule has 0 radical (unpaired) electrons. The molecule has 0 fully saturated rings. The molecule has 0 saturated heterocycles. The van der Waals surface area contributed by atoms with Crippen LogP contribution in [0.2, 0.25) is 0 Å². The molecule has 0 amide bonds. The molecule has 0 N–H and O–H groups in total. The summed E-state index contributed by atoms with van der Waals surface area (Å²) in [5.41, 5.74) is 0.693. The minimum atomic E-state index is -0.315. The maximum atomic E-state index is 12.9. The number of hydrogen-bond acceptors (Lipinski definition) is 3. The second-order valence-corrected chi connectivity index (χ2v) is 3.61. The molecule has 0 aliphatic carbocycles. The van der Waals surface area contributed by atoms with E-state index < -0.39 is 0 Å². The molecular weight excluding hydrogens is 251 g/mol. The number of aryl methyl sites for hydroxylation is 1. The van der Waals surface area contributed by atoms with Crippen LogP contribution in [-0.2, 0) is 0 Å². The Hall–Kier alpha value is -1.23. The average molecular weight is 257 g/mol. The van der Waals surface area contributed by atoms with E-state index in [1.54, 1.807) is 19.1 Å². The van der Waals surface area contributed by atoms with Crippen molar-refractivity contribution >= 4 is 15.9 Å². The van der Waals surface area contributed by atoms with Crippen LogP contribution >= 0.6 is 15.9 Å². The summed E-state index contributed by atoms with van der Waals surface area (Å²) in [5.74, 6) is 0.564. The van der Waals surface area contributed by atoms with Crippen molar-refractivity contribution in [2.24, 2.45) is 0 Å². The second kappa shape index (κ2) is 3.49. The van der Waals surface area contributed by atoms with E-state index in [1.165, 1.54) is 6.07 Å². The lowest BCUT2D eigenvalue weighted by Crippen LogP contribution is -1.81. The topological polar surface area (TPSA) is 38.9 Å². The van der Waals surface area contributed by atoms with Crippen LogP contribution in [0.3, 0.4) is 0 Å². The van der Waals surface area contributed by atoms with Gasteiger partial charge in [0, 0.05) is 12.5 Å². The zero-order chi connectivity index (χ0) is 10.1. The van der Waals surface area contributed by atoms with E-state index in [1.807, 2.05) is 0 Å². The lowest BCUT2D eigenvalue weighted by Gasteiger charge is -1.96. The minimum Gasteiger partial charge on any atom is -0.421 e. The molecule has 0 saturated carbocycles. The molecule has 1 heterocycles. The van der Waals surface area contributed by atoms with Gasteiger partial charge in [-0.2, -0.15) is 0 Å². The second-order valence-electron chi connectivity index (χ2n) is 2.76. The first-order chi connectivity index (χ1) is 6.66. The van der Waals surface area contributed by atoms with Gasteiger partial charge in [0.1, 0.15) is 5.82 Å². The summed E-state index contributed by atoms with van der Waals surface area (Å²) in [6, 6.07) is 4.54. The highest BCUT2D eigenvalue weighted by atomic mass is 79.9. The molecule has 0 bridgehead atoms. The van der Waals surface area contributed by atoms with E-state index in [0.717, 1.165) is 0 Å². The molecule has 0 atom stereocenters. The molecule has 3 nitrogen and oxygen atoms in total. The number of benzene rings is 1. The molecule has 1 aromatic heterocycles. The minimum absolute atomic E-state index is 0.315. The summed E-state index contributed by atoms with van der Waals surface area (Å²) in [4.78, 5) is 0. The largest absolute Gasteiger partial charge is 0.421 e. The first kappa shape index (κ1) is 9.33. The molecule has 0 unspecified atom stereocenters. The number of rotatable bonds is 1. The lowest BCUT2D eigenvalue weighted by atomic mass is 10.2. The molecule has 1 aromatic carbocycles. The van der Waals surface area contributed by atoms with Crippen LogP contribution in [0.5, 0.6) is 0 Å². The van der Waals surface area contributed by atoms with Gasteiger partial charge in [-0.25, -0.2) is 4.39 Å². The smallest absolute Gasteiger partial charge is 0.247 e. The van der Waals surface area contributed by atoms with E-state index in [2.05, 4.69) is 26.1 Å². The standard InChI is InChI=1S/C9H6BrFN2O/c1-5-12-13-9(14-5)6-2-3-8(11)7(10)4-6/h2-4H,1H3. The predicted octanol–water partition coefficient (Wildman–Crippen LogP) is 2.95. The zero-order valence-corrected chi connectivity index (χ0v) is 8.88. The van der Waals surface area contributed by atoms with Gasteiger partial charge in [0.25, 0.3) is 0 Å². The third-order valence-electron chi connectivity index (χ3n) is 1.69. The molecule has 0 aliphatic heterocycles. The normalized spacial score (nSPS) is 10.5. The van der Waals surface area contributed by atoms with Crippen LogP contribution in [0.25, 0.3) is 11.5 Å². The molecule has 72 valence electrons. The molecule has 2 aromatic rings. The van der Waals surface area contributed by atoms with Crippen LogP contribution in [-0.4, -0.2) is 10.2 Å². The van der Waals surface area contributed by atoms with Crippen molar-refractivity contribution < 1.29 is 8.81 Å². The van der Waals surface area contributed by atoms with Gasteiger partial charge in [0.2, 0.25) is 11.8 Å². The summed E-state index contributed by atoms with van der Waals surface area (Å²) < 4.78 is 18.5. The van der Waals surface area contributed by atoms with Crippen molar-refractivity contribution in [3.8, 4) is 11.5 Å². The number of aromatic nitrogens is 2. The predicted molar refractivity (Wildman–Crippen MR) is 52.1 cm³/mol. The quantitative estimate of drug-likeness (QED) is 0.788. The summed E-state index contributed by atoms with van der Waals surface area (Å²) >= 11 is 3.09. The van der Waals surface area contributed by atoms with Crippen molar-refractivity contribution in [3.63, 3.8) is 0 Å². The van der Waals surface area contributed by atoms with E-state index in [4.69, 9.17) is 4.42 Å². The van der Waals surface area contributed by atoms with E-state index in [-0.39, 0.29) is 5.82 Å². The monoisotopic (exact) mass is 256 g/mol. The summed E-state index contributed by atoms with van der Waals surface area (Å²) in [6.07, 6.45) is 0. The maximum absolute atomic E-state index is 12.9.